The highest BCUT2D eigenvalue weighted by molar-refractivity contribution is 5.83. The van der Waals surface area contributed by atoms with Crippen LogP contribution in [0.1, 0.15) is 46.1 Å². The molecule has 0 saturated heterocycles. The second kappa shape index (κ2) is 7.56. The molecule has 2 heterocycles. The van der Waals surface area contributed by atoms with Gasteiger partial charge in [0.25, 0.3) is 5.56 Å². The number of aromatic amines is 1. The van der Waals surface area contributed by atoms with E-state index in [1.165, 1.54) is 0 Å². The van der Waals surface area contributed by atoms with Gasteiger partial charge in [-0.1, -0.05) is 0 Å². The number of nitrogens with one attached hydrogen (secondary N) is 1. The molecule has 0 aliphatic heterocycles. The topological polar surface area (TPSA) is 80.1 Å². The van der Waals surface area contributed by atoms with Crippen molar-refractivity contribution in [3.63, 3.8) is 0 Å². The molecule has 0 saturated carbocycles. The maximum atomic E-state index is 12.6. The van der Waals surface area contributed by atoms with Crippen LogP contribution in [0.15, 0.2) is 41.5 Å². The monoisotopic (exact) mass is 369 g/mol. The van der Waals surface area contributed by atoms with Crippen LogP contribution < -0.4 is 10.3 Å². The first-order valence-corrected chi connectivity index (χ1v) is 9.25. The molecule has 2 aromatic heterocycles. The van der Waals surface area contributed by atoms with Gasteiger partial charge < -0.3 is 19.4 Å². The number of methoxy groups -OCH3 is 1. The Morgan fingerprint density at radius 1 is 1.33 bits per heavy atom. The van der Waals surface area contributed by atoms with E-state index in [1.54, 1.807) is 13.3 Å². The summed E-state index contributed by atoms with van der Waals surface area (Å²) in [6.45, 7) is 5.75. The van der Waals surface area contributed by atoms with Gasteiger partial charge in [0.2, 0.25) is 0 Å². The molecule has 1 aromatic carbocycles. The minimum atomic E-state index is -0.661. The van der Waals surface area contributed by atoms with Crippen molar-refractivity contribution in [1.29, 1.82) is 0 Å². The summed E-state index contributed by atoms with van der Waals surface area (Å²) in [5, 5.41) is 10.8. The Labute approximate surface area is 158 Å². The van der Waals surface area contributed by atoms with E-state index >= 15 is 0 Å². The van der Waals surface area contributed by atoms with Crippen LogP contribution in [0, 0.1) is 0 Å². The van der Waals surface area contributed by atoms with Gasteiger partial charge >= 0.3 is 0 Å². The van der Waals surface area contributed by atoms with Crippen LogP contribution in [0.3, 0.4) is 0 Å². The maximum absolute atomic E-state index is 12.6. The van der Waals surface area contributed by atoms with Crippen LogP contribution in [-0.4, -0.2) is 32.4 Å². The second-order valence-electron chi connectivity index (χ2n) is 7.68. The van der Waals surface area contributed by atoms with Gasteiger partial charge in [-0.05, 0) is 64.3 Å². The van der Waals surface area contributed by atoms with E-state index in [9.17, 15) is 9.90 Å². The summed E-state index contributed by atoms with van der Waals surface area (Å²) < 4.78 is 7.31. The molecular formula is C21H27N3O3. The quantitative estimate of drug-likeness (QED) is 0.662. The predicted octanol–water partition coefficient (Wildman–Crippen LogP) is 3.90. The molecule has 144 valence electrons. The zero-order valence-corrected chi connectivity index (χ0v) is 16.3. The minimum Gasteiger partial charge on any atom is -0.497 e. The fraction of sp³-hybridized carbons (Fsp3) is 0.429. The predicted molar refractivity (Wildman–Crippen MR) is 107 cm³/mol. The molecule has 1 atom stereocenters. The Kier molecular flexibility index (Phi) is 5.37. The average molecular weight is 369 g/mol. The Bertz CT molecular complexity index is 982. The Hall–Kier alpha value is -2.60. The van der Waals surface area contributed by atoms with Crippen LogP contribution in [0.2, 0.25) is 0 Å². The number of H-pyrrole nitrogens is 1. The van der Waals surface area contributed by atoms with Gasteiger partial charge in [-0.15, -0.1) is 0 Å². The SMILES string of the molecule is COc1ccc2[nH]c(=O)c(-c3nccn3C(C)CCCC(C)(C)O)cc2c1. The molecule has 0 radical (unpaired) electrons. The van der Waals surface area contributed by atoms with Crippen molar-refractivity contribution < 1.29 is 9.84 Å². The van der Waals surface area contributed by atoms with Crippen LogP contribution in [0.4, 0.5) is 0 Å². The summed E-state index contributed by atoms with van der Waals surface area (Å²) in [6, 6.07) is 7.59. The van der Waals surface area contributed by atoms with E-state index in [-0.39, 0.29) is 11.6 Å². The first-order chi connectivity index (χ1) is 12.8. The lowest BCUT2D eigenvalue weighted by atomic mass is 9.99. The molecule has 0 aliphatic carbocycles. The van der Waals surface area contributed by atoms with Crippen molar-refractivity contribution in [3.05, 3.63) is 47.0 Å². The number of ether oxygens (including phenoxy) is 1. The number of hydrogen-bond donors (Lipinski definition) is 2. The van der Waals surface area contributed by atoms with E-state index < -0.39 is 5.60 Å². The fourth-order valence-corrected chi connectivity index (χ4v) is 3.32. The van der Waals surface area contributed by atoms with Crippen LogP contribution in [0.5, 0.6) is 5.75 Å². The van der Waals surface area contributed by atoms with Gasteiger partial charge in [0, 0.05) is 29.3 Å². The minimum absolute atomic E-state index is 0.163. The second-order valence-corrected chi connectivity index (χ2v) is 7.68. The van der Waals surface area contributed by atoms with Crippen LogP contribution in [0.25, 0.3) is 22.3 Å². The first kappa shape index (κ1) is 19.2. The van der Waals surface area contributed by atoms with E-state index in [4.69, 9.17) is 4.74 Å². The van der Waals surface area contributed by atoms with E-state index in [1.807, 2.05) is 48.9 Å². The number of benzene rings is 1. The van der Waals surface area contributed by atoms with Crippen molar-refractivity contribution in [1.82, 2.24) is 14.5 Å². The molecule has 6 nitrogen and oxygen atoms in total. The standard InChI is InChI=1S/C21H27N3O3/c1-14(6-5-9-21(2,3)26)24-11-10-22-19(24)17-13-15-12-16(27-4)7-8-18(15)23-20(17)25/h7-8,10-14,26H,5-6,9H2,1-4H3,(H,23,25). The summed E-state index contributed by atoms with van der Waals surface area (Å²) >= 11 is 0. The summed E-state index contributed by atoms with van der Waals surface area (Å²) in [6.07, 6.45) is 6.15. The van der Waals surface area contributed by atoms with Gasteiger partial charge in [0.1, 0.15) is 11.6 Å². The molecule has 0 fully saturated rings. The highest BCUT2D eigenvalue weighted by Gasteiger charge is 2.17. The van der Waals surface area contributed by atoms with E-state index in [0.717, 1.165) is 35.9 Å². The number of imidazole rings is 1. The van der Waals surface area contributed by atoms with Gasteiger partial charge in [-0.3, -0.25) is 4.79 Å². The molecule has 27 heavy (non-hydrogen) atoms. The Morgan fingerprint density at radius 2 is 2.11 bits per heavy atom. The van der Waals surface area contributed by atoms with Gasteiger partial charge in [0.05, 0.1) is 18.3 Å². The number of rotatable bonds is 7. The molecule has 3 aromatic rings. The summed E-state index contributed by atoms with van der Waals surface area (Å²) in [5.74, 6) is 1.39. The first-order valence-electron chi connectivity index (χ1n) is 9.25. The number of aromatic nitrogens is 3. The van der Waals surface area contributed by atoms with Crippen molar-refractivity contribution >= 4 is 10.9 Å². The summed E-state index contributed by atoms with van der Waals surface area (Å²) in [5.41, 5.74) is 0.478. The Balaban J connectivity index is 1.92. The van der Waals surface area contributed by atoms with Crippen molar-refractivity contribution in [3.8, 4) is 17.1 Å². The number of pyridine rings is 1. The van der Waals surface area contributed by atoms with Crippen molar-refractivity contribution in [2.45, 2.75) is 51.7 Å². The van der Waals surface area contributed by atoms with Crippen LogP contribution in [-0.2, 0) is 0 Å². The van der Waals surface area contributed by atoms with Gasteiger partial charge in [-0.2, -0.15) is 0 Å². The fourth-order valence-electron chi connectivity index (χ4n) is 3.32. The third kappa shape index (κ3) is 4.39. The largest absolute Gasteiger partial charge is 0.497 e. The van der Waals surface area contributed by atoms with Crippen molar-refractivity contribution in [2.24, 2.45) is 0 Å². The number of hydrogen-bond acceptors (Lipinski definition) is 4. The third-order valence-electron chi connectivity index (χ3n) is 4.85. The van der Waals surface area contributed by atoms with Crippen LogP contribution >= 0.6 is 0 Å². The highest BCUT2D eigenvalue weighted by atomic mass is 16.5. The summed E-state index contributed by atoms with van der Waals surface area (Å²) in [7, 11) is 1.62. The third-order valence-corrected chi connectivity index (χ3v) is 4.85. The average Bonchev–Trinajstić information content (AvgIpc) is 3.09. The lowest BCUT2D eigenvalue weighted by Gasteiger charge is -2.20. The smallest absolute Gasteiger partial charge is 0.259 e. The molecule has 0 bridgehead atoms. The molecule has 0 spiro atoms. The molecule has 0 amide bonds. The van der Waals surface area contributed by atoms with E-state index in [0.29, 0.717) is 11.4 Å². The molecule has 2 N–H and O–H groups in total. The maximum Gasteiger partial charge on any atom is 0.259 e. The molecule has 3 rings (SSSR count). The molecule has 1 unspecified atom stereocenters. The lowest BCUT2D eigenvalue weighted by molar-refractivity contribution is 0.0672. The van der Waals surface area contributed by atoms with E-state index in [2.05, 4.69) is 16.9 Å². The number of aliphatic hydroxyl groups is 1. The Morgan fingerprint density at radius 3 is 2.81 bits per heavy atom. The summed E-state index contributed by atoms with van der Waals surface area (Å²) in [4.78, 5) is 20.0. The normalized spacial score (nSPS) is 13.1. The number of nitrogens with zero attached hydrogens (tertiary/aromatic N) is 2. The molecule has 0 aliphatic rings. The molecule has 6 heteroatoms. The van der Waals surface area contributed by atoms with Gasteiger partial charge in [0.15, 0.2) is 0 Å². The lowest BCUT2D eigenvalue weighted by Crippen LogP contribution is -2.19. The molecular weight excluding hydrogens is 342 g/mol. The zero-order valence-electron chi connectivity index (χ0n) is 16.3. The highest BCUT2D eigenvalue weighted by Crippen LogP contribution is 2.26. The zero-order chi connectivity index (χ0) is 19.6. The van der Waals surface area contributed by atoms with Crippen molar-refractivity contribution in [2.75, 3.05) is 7.11 Å². The number of fused-ring (bicyclic) bond motifs is 1. The van der Waals surface area contributed by atoms with Gasteiger partial charge in [-0.25, -0.2) is 4.98 Å².